The van der Waals surface area contributed by atoms with Crippen LogP contribution in [-0.2, 0) is 0 Å². The summed E-state index contributed by atoms with van der Waals surface area (Å²) in [6.07, 6.45) is 3.47. The third kappa shape index (κ3) is 4.44. The molecule has 0 radical (unpaired) electrons. The molecule has 8 nitrogen and oxygen atoms in total. The predicted octanol–water partition coefficient (Wildman–Crippen LogP) is 3.22. The lowest BCUT2D eigenvalue weighted by Crippen LogP contribution is -2.44. The van der Waals surface area contributed by atoms with Crippen molar-refractivity contribution in [3.05, 3.63) is 76.2 Å². The van der Waals surface area contributed by atoms with E-state index in [1.807, 2.05) is 4.90 Å². The Balaban J connectivity index is 1.35. The fourth-order valence-corrected chi connectivity index (χ4v) is 4.43. The van der Waals surface area contributed by atoms with Gasteiger partial charge in [-0.05, 0) is 63.3 Å². The lowest BCUT2D eigenvalue weighted by molar-refractivity contribution is 0.0663. The average Bonchev–Trinajstić information content (AvgIpc) is 3.34. The molecule has 0 atom stereocenters. The number of aromatic nitrogens is 4. The number of hydrogen-bond acceptors (Lipinski definition) is 5. The number of rotatable bonds is 4. The van der Waals surface area contributed by atoms with Crippen molar-refractivity contribution in [3.8, 4) is 16.9 Å². The second kappa shape index (κ2) is 9.03. The second-order valence-electron chi connectivity index (χ2n) is 8.95. The van der Waals surface area contributed by atoms with Crippen LogP contribution in [0.3, 0.4) is 0 Å². The molecule has 35 heavy (non-hydrogen) atoms. The largest absolute Gasteiger partial charge is 0.339 e. The van der Waals surface area contributed by atoms with Crippen molar-refractivity contribution in [1.82, 2.24) is 29.8 Å². The molecule has 10 heteroatoms. The van der Waals surface area contributed by atoms with Crippen molar-refractivity contribution in [1.29, 1.82) is 0 Å². The van der Waals surface area contributed by atoms with Crippen molar-refractivity contribution in [2.45, 2.75) is 18.9 Å². The first kappa shape index (κ1) is 22.9. The molecular weight excluding hydrogens is 454 g/mol. The van der Waals surface area contributed by atoms with E-state index < -0.39 is 17.2 Å². The molecule has 0 saturated carbocycles. The summed E-state index contributed by atoms with van der Waals surface area (Å²) in [7, 11) is 4.13. The summed E-state index contributed by atoms with van der Waals surface area (Å²) < 4.78 is 28.6. The molecule has 2 aromatic heterocycles. The van der Waals surface area contributed by atoms with E-state index in [1.54, 1.807) is 30.5 Å². The highest BCUT2D eigenvalue weighted by molar-refractivity contribution is 5.94. The van der Waals surface area contributed by atoms with E-state index in [0.29, 0.717) is 22.7 Å². The monoisotopic (exact) mass is 478 g/mol. The van der Waals surface area contributed by atoms with E-state index >= 15 is 0 Å². The molecule has 0 spiro atoms. The number of H-pyrrole nitrogens is 1. The summed E-state index contributed by atoms with van der Waals surface area (Å²) in [5, 5.41) is 8.49. The molecule has 1 fully saturated rings. The maximum absolute atomic E-state index is 13.6. The maximum atomic E-state index is 13.6. The van der Waals surface area contributed by atoms with Gasteiger partial charge < -0.3 is 14.8 Å². The van der Waals surface area contributed by atoms with Crippen LogP contribution in [0.25, 0.3) is 27.8 Å². The van der Waals surface area contributed by atoms with Crippen LogP contribution in [-0.4, -0.2) is 68.9 Å². The number of fused-ring (bicyclic) bond motifs is 1. The zero-order valence-corrected chi connectivity index (χ0v) is 19.3. The molecule has 180 valence electrons. The Morgan fingerprint density at radius 1 is 1.06 bits per heavy atom. The summed E-state index contributed by atoms with van der Waals surface area (Å²) in [5.41, 5.74) is 1.42. The van der Waals surface area contributed by atoms with Crippen LogP contribution in [0.1, 0.15) is 23.2 Å². The van der Waals surface area contributed by atoms with Crippen molar-refractivity contribution < 1.29 is 13.6 Å². The van der Waals surface area contributed by atoms with Gasteiger partial charge in [0.1, 0.15) is 5.69 Å². The van der Waals surface area contributed by atoms with Crippen LogP contribution < -0.4 is 5.56 Å². The standard InChI is InChI=1S/C25H24F2N6O2/c1-31(2)17-7-9-32(10-8-17)25(35)15-3-5-18(6-4-15)33-14-23(29-30-33)19-11-16-12-20(26)21(27)13-22(16)28-24(19)34/h3-6,11-14,17H,7-10H2,1-2H3,(H,28,34). The van der Waals surface area contributed by atoms with Gasteiger partial charge in [0.25, 0.3) is 11.5 Å². The zero-order valence-electron chi connectivity index (χ0n) is 19.3. The molecular formula is C25H24F2N6O2. The lowest BCUT2D eigenvalue weighted by atomic mass is 10.0. The molecule has 2 aromatic carbocycles. The van der Waals surface area contributed by atoms with Crippen molar-refractivity contribution in [2.24, 2.45) is 0 Å². The fourth-order valence-electron chi connectivity index (χ4n) is 4.43. The molecule has 1 aliphatic heterocycles. The lowest BCUT2D eigenvalue weighted by Gasteiger charge is -2.35. The summed E-state index contributed by atoms with van der Waals surface area (Å²) in [6, 6.07) is 10.9. The smallest absolute Gasteiger partial charge is 0.258 e. The Kier molecular flexibility index (Phi) is 5.89. The van der Waals surface area contributed by atoms with Gasteiger partial charge >= 0.3 is 0 Å². The first-order valence-electron chi connectivity index (χ1n) is 11.3. The number of benzene rings is 2. The second-order valence-corrected chi connectivity index (χ2v) is 8.95. The number of carbonyl (C=O) groups excluding carboxylic acids is 1. The zero-order chi connectivity index (χ0) is 24.7. The van der Waals surface area contributed by atoms with E-state index in [9.17, 15) is 18.4 Å². The minimum atomic E-state index is -1.04. The molecule has 0 unspecified atom stereocenters. The quantitative estimate of drug-likeness (QED) is 0.487. The van der Waals surface area contributed by atoms with E-state index in [4.69, 9.17) is 0 Å². The molecule has 5 rings (SSSR count). The third-order valence-electron chi connectivity index (χ3n) is 6.52. The molecule has 1 aliphatic rings. The predicted molar refractivity (Wildman–Crippen MR) is 127 cm³/mol. The Morgan fingerprint density at radius 3 is 2.43 bits per heavy atom. The molecule has 3 heterocycles. The Bertz CT molecular complexity index is 1450. The van der Waals surface area contributed by atoms with Gasteiger partial charge in [-0.3, -0.25) is 9.59 Å². The first-order valence-corrected chi connectivity index (χ1v) is 11.3. The van der Waals surface area contributed by atoms with Crippen molar-refractivity contribution in [3.63, 3.8) is 0 Å². The van der Waals surface area contributed by atoms with E-state index in [0.717, 1.165) is 38.1 Å². The van der Waals surface area contributed by atoms with Crippen LogP contribution in [0.4, 0.5) is 8.78 Å². The van der Waals surface area contributed by atoms with Crippen LogP contribution in [0.15, 0.2) is 53.5 Å². The van der Waals surface area contributed by atoms with Crippen LogP contribution in [0.2, 0.25) is 0 Å². The van der Waals surface area contributed by atoms with Gasteiger partial charge in [0.15, 0.2) is 11.6 Å². The van der Waals surface area contributed by atoms with E-state index in [2.05, 4.69) is 34.3 Å². The highest BCUT2D eigenvalue weighted by Crippen LogP contribution is 2.22. The van der Waals surface area contributed by atoms with Crippen LogP contribution in [0, 0.1) is 11.6 Å². The number of aromatic amines is 1. The normalized spacial score (nSPS) is 14.7. The number of amides is 1. The van der Waals surface area contributed by atoms with Crippen molar-refractivity contribution >= 4 is 16.8 Å². The SMILES string of the molecule is CN(C)C1CCN(C(=O)c2ccc(-n3cc(-c4cc5cc(F)c(F)cc5[nH]c4=O)nn3)cc2)CC1. The van der Waals surface area contributed by atoms with Gasteiger partial charge in [-0.2, -0.15) is 0 Å². The van der Waals surface area contributed by atoms with Gasteiger partial charge in [-0.25, -0.2) is 13.5 Å². The van der Waals surface area contributed by atoms with Crippen LogP contribution in [0.5, 0.6) is 0 Å². The number of piperidine rings is 1. The summed E-state index contributed by atoms with van der Waals surface area (Å²) in [6.45, 7) is 1.46. The number of pyridine rings is 1. The maximum Gasteiger partial charge on any atom is 0.258 e. The molecule has 0 bridgehead atoms. The van der Waals surface area contributed by atoms with Crippen LogP contribution >= 0.6 is 0 Å². The van der Waals surface area contributed by atoms with Gasteiger partial charge in [0, 0.05) is 36.1 Å². The Hall–Kier alpha value is -3.92. The van der Waals surface area contributed by atoms with Crippen molar-refractivity contribution in [2.75, 3.05) is 27.2 Å². The Morgan fingerprint density at radius 2 is 1.74 bits per heavy atom. The van der Waals surface area contributed by atoms with E-state index in [1.165, 1.54) is 10.7 Å². The number of nitrogens with one attached hydrogen (secondary N) is 1. The number of carbonyl (C=O) groups is 1. The minimum absolute atomic E-state index is 0.000554. The highest BCUT2D eigenvalue weighted by Gasteiger charge is 2.24. The Labute approximate surface area is 199 Å². The molecule has 4 aromatic rings. The highest BCUT2D eigenvalue weighted by atomic mass is 19.2. The topological polar surface area (TPSA) is 87.1 Å². The molecule has 0 aliphatic carbocycles. The molecule has 1 saturated heterocycles. The van der Waals surface area contributed by atoms with E-state index in [-0.39, 0.29) is 22.7 Å². The fraction of sp³-hybridized carbons (Fsp3) is 0.280. The third-order valence-corrected chi connectivity index (χ3v) is 6.52. The average molecular weight is 479 g/mol. The van der Waals surface area contributed by atoms with Gasteiger partial charge in [0.05, 0.1) is 23.0 Å². The van der Waals surface area contributed by atoms with Gasteiger partial charge in [-0.15, -0.1) is 5.10 Å². The summed E-state index contributed by atoms with van der Waals surface area (Å²) in [4.78, 5) is 32.0. The molecule has 1 amide bonds. The van der Waals surface area contributed by atoms with Gasteiger partial charge in [0.2, 0.25) is 0 Å². The summed E-state index contributed by atoms with van der Waals surface area (Å²) >= 11 is 0. The number of nitrogens with zero attached hydrogens (tertiary/aromatic N) is 5. The first-order chi connectivity index (χ1) is 16.8. The number of hydrogen-bond donors (Lipinski definition) is 1. The van der Waals surface area contributed by atoms with Gasteiger partial charge in [-0.1, -0.05) is 5.21 Å². The number of likely N-dealkylation sites (tertiary alicyclic amines) is 1. The molecule has 1 N–H and O–H groups in total. The summed E-state index contributed by atoms with van der Waals surface area (Å²) in [5.74, 6) is -2.04. The minimum Gasteiger partial charge on any atom is -0.339 e. The number of halogens is 2.